The van der Waals surface area contributed by atoms with E-state index >= 15 is 0 Å². The number of carbonyl (C=O) groups is 2. The van der Waals surface area contributed by atoms with Crippen molar-refractivity contribution in [2.24, 2.45) is 0 Å². The number of pyridine rings is 1. The molecule has 0 aliphatic carbocycles. The van der Waals surface area contributed by atoms with E-state index in [0.29, 0.717) is 5.56 Å². The van der Waals surface area contributed by atoms with E-state index in [1.54, 1.807) is 0 Å². The monoisotopic (exact) mass is 269 g/mol. The molecule has 1 rings (SSSR count). The van der Waals surface area contributed by atoms with Crippen LogP contribution in [0.2, 0.25) is 0 Å². The lowest BCUT2D eigenvalue weighted by molar-refractivity contribution is -0.385. The second-order valence-electron chi connectivity index (χ2n) is 3.73. The van der Waals surface area contributed by atoms with Crippen LogP contribution >= 0.6 is 0 Å². The first-order valence-corrected chi connectivity index (χ1v) is 5.11. The SMILES string of the molecule is Cc1cnc(N(CC(=O)O)CC(=O)O)cc1[N+](=O)[O-]. The second-order valence-corrected chi connectivity index (χ2v) is 3.73. The quantitative estimate of drug-likeness (QED) is 0.555. The van der Waals surface area contributed by atoms with Gasteiger partial charge in [0.1, 0.15) is 18.9 Å². The Morgan fingerprint density at radius 3 is 2.32 bits per heavy atom. The molecule has 0 atom stereocenters. The van der Waals surface area contributed by atoms with Crippen LogP contribution in [0.1, 0.15) is 5.56 Å². The van der Waals surface area contributed by atoms with Crippen LogP contribution in [0.4, 0.5) is 11.5 Å². The number of nitro groups is 1. The lowest BCUT2D eigenvalue weighted by Crippen LogP contribution is -2.35. The summed E-state index contributed by atoms with van der Waals surface area (Å²) < 4.78 is 0. The summed E-state index contributed by atoms with van der Waals surface area (Å²) in [7, 11) is 0. The van der Waals surface area contributed by atoms with Crippen molar-refractivity contribution in [1.82, 2.24) is 4.98 Å². The Morgan fingerprint density at radius 1 is 1.37 bits per heavy atom. The van der Waals surface area contributed by atoms with Crippen LogP contribution in [0, 0.1) is 17.0 Å². The van der Waals surface area contributed by atoms with Crippen LogP contribution in [0.3, 0.4) is 0 Å². The van der Waals surface area contributed by atoms with E-state index in [9.17, 15) is 19.7 Å². The summed E-state index contributed by atoms with van der Waals surface area (Å²) in [6.07, 6.45) is 1.20. The van der Waals surface area contributed by atoms with Gasteiger partial charge in [-0.2, -0.15) is 0 Å². The van der Waals surface area contributed by atoms with Gasteiger partial charge in [-0.25, -0.2) is 4.98 Å². The molecular weight excluding hydrogens is 258 g/mol. The highest BCUT2D eigenvalue weighted by Gasteiger charge is 2.19. The van der Waals surface area contributed by atoms with Crippen molar-refractivity contribution < 1.29 is 24.7 Å². The molecule has 9 nitrogen and oxygen atoms in total. The van der Waals surface area contributed by atoms with Gasteiger partial charge >= 0.3 is 11.9 Å². The molecule has 102 valence electrons. The molecule has 0 aliphatic rings. The zero-order valence-electron chi connectivity index (χ0n) is 9.94. The van der Waals surface area contributed by atoms with Crippen molar-refractivity contribution in [3.8, 4) is 0 Å². The highest BCUT2D eigenvalue weighted by Crippen LogP contribution is 2.22. The number of hydrogen-bond acceptors (Lipinski definition) is 6. The summed E-state index contributed by atoms with van der Waals surface area (Å²) in [6.45, 7) is 0.257. The average molecular weight is 269 g/mol. The third kappa shape index (κ3) is 3.91. The maximum atomic E-state index is 10.8. The summed E-state index contributed by atoms with van der Waals surface area (Å²) in [5, 5.41) is 28.2. The number of aliphatic carboxylic acids is 2. The molecule has 0 saturated carbocycles. The molecule has 0 unspecified atom stereocenters. The first-order chi connectivity index (χ1) is 8.81. The van der Waals surface area contributed by atoms with Crippen molar-refractivity contribution in [2.45, 2.75) is 6.92 Å². The van der Waals surface area contributed by atoms with E-state index in [2.05, 4.69) is 4.98 Å². The van der Waals surface area contributed by atoms with Crippen molar-refractivity contribution in [2.75, 3.05) is 18.0 Å². The Kier molecular flexibility index (Phi) is 4.35. The highest BCUT2D eigenvalue weighted by molar-refractivity contribution is 5.79. The predicted octanol–water partition coefficient (Wildman–Crippen LogP) is 0.274. The van der Waals surface area contributed by atoms with Crippen LogP contribution in [-0.2, 0) is 9.59 Å². The normalized spacial score (nSPS) is 9.95. The van der Waals surface area contributed by atoms with E-state index in [1.165, 1.54) is 13.1 Å². The van der Waals surface area contributed by atoms with E-state index in [-0.39, 0.29) is 11.5 Å². The summed E-state index contributed by atoms with van der Waals surface area (Å²) in [6, 6.07) is 1.06. The molecule has 0 saturated heterocycles. The molecule has 0 amide bonds. The number of aromatic nitrogens is 1. The summed E-state index contributed by atoms with van der Waals surface area (Å²) in [5.41, 5.74) is 0.0603. The zero-order chi connectivity index (χ0) is 14.6. The Labute approximate surface area is 107 Å². The number of nitrogens with zero attached hydrogens (tertiary/aromatic N) is 3. The zero-order valence-corrected chi connectivity index (χ0v) is 9.94. The Bertz CT molecular complexity index is 514. The topological polar surface area (TPSA) is 134 Å². The van der Waals surface area contributed by atoms with Gasteiger partial charge in [0.2, 0.25) is 0 Å². The third-order valence-electron chi connectivity index (χ3n) is 2.23. The average Bonchev–Trinajstić information content (AvgIpc) is 2.27. The van der Waals surface area contributed by atoms with Crippen molar-refractivity contribution >= 4 is 23.4 Å². The molecule has 1 aromatic heterocycles. The van der Waals surface area contributed by atoms with Gasteiger partial charge in [0.15, 0.2) is 0 Å². The van der Waals surface area contributed by atoms with Crippen LogP contribution in [-0.4, -0.2) is 45.1 Å². The molecule has 19 heavy (non-hydrogen) atoms. The lowest BCUT2D eigenvalue weighted by atomic mass is 10.2. The van der Waals surface area contributed by atoms with E-state index in [0.717, 1.165) is 11.0 Å². The summed E-state index contributed by atoms with van der Waals surface area (Å²) >= 11 is 0. The molecule has 0 aliphatic heterocycles. The molecule has 1 heterocycles. The van der Waals surface area contributed by atoms with Gasteiger partial charge in [0, 0.05) is 11.8 Å². The van der Waals surface area contributed by atoms with Gasteiger partial charge in [-0.1, -0.05) is 0 Å². The number of carboxylic acids is 2. The molecule has 0 bridgehead atoms. The van der Waals surface area contributed by atoms with Crippen LogP contribution in [0.5, 0.6) is 0 Å². The van der Waals surface area contributed by atoms with Gasteiger partial charge in [0.05, 0.1) is 11.0 Å². The van der Waals surface area contributed by atoms with Crippen molar-refractivity contribution in [3.63, 3.8) is 0 Å². The number of aryl methyl sites for hydroxylation is 1. The number of carboxylic acid groups (broad SMARTS) is 2. The minimum absolute atomic E-state index is 0.0675. The first-order valence-electron chi connectivity index (χ1n) is 5.11. The Morgan fingerprint density at radius 2 is 1.89 bits per heavy atom. The molecule has 0 fully saturated rings. The molecule has 0 spiro atoms. The van der Waals surface area contributed by atoms with Gasteiger partial charge in [-0.3, -0.25) is 19.7 Å². The molecule has 0 radical (unpaired) electrons. The Balaban J connectivity index is 3.14. The number of anilines is 1. The van der Waals surface area contributed by atoms with Gasteiger partial charge in [0.25, 0.3) is 5.69 Å². The fraction of sp³-hybridized carbons (Fsp3) is 0.300. The minimum Gasteiger partial charge on any atom is -0.480 e. The largest absolute Gasteiger partial charge is 0.480 e. The summed E-state index contributed by atoms with van der Waals surface area (Å²) in [5.74, 6) is -2.58. The fourth-order valence-corrected chi connectivity index (χ4v) is 1.42. The van der Waals surface area contributed by atoms with Crippen molar-refractivity contribution in [3.05, 3.63) is 27.9 Å². The second kappa shape index (κ2) is 5.76. The van der Waals surface area contributed by atoms with Gasteiger partial charge in [-0.05, 0) is 6.92 Å². The number of rotatable bonds is 6. The maximum absolute atomic E-state index is 10.8. The minimum atomic E-state index is -1.26. The first kappa shape index (κ1) is 14.4. The maximum Gasteiger partial charge on any atom is 0.323 e. The Hall–Kier alpha value is -2.71. The smallest absolute Gasteiger partial charge is 0.323 e. The third-order valence-corrected chi connectivity index (χ3v) is 2.23. The van der Waals surface area contributed by atoms with E-state index in [1.807, 2.05) is 0 Å². The molecule has 2 N–H and O–H groups in total. The predicted molar refractivity (Wildman–Crippen MR) is 63.1 cm³/mol. The standard InChI is InChI=1S/C10H11N3O6/c1-6-3-11-8(2-7(6)13(18)19)12(4-9(14)15)5-10(16)17/h2-3H,4-5H2,1H3,(H,14,15)(H,16,17). The van der Waals surface area contributed by atoms with Crippen LogP contribution in [0.25, 0.3) is 0 Å². The molecule has 0 aromatic carbocycles. The lowest BCUT2D eigenvalue weighted by Gasteiger charge is -2.19. The molecule has 1 aromatic rings. The number of hydrogen-bond donors (Lipinski definition) is 2. The van der Waals surface area contributed by atoms with E-state index < -0.39 is 30.0 Å². The highest BCUT2D eigenvalue weighted by atomic mass is 16.6. The van der Waals surface area contributed by atoms with Crippen LogP contribution < -0.4 is 4.90 Å². The fourth-order valence-electron chi connectivity index (χ4n) is 1.42. The van der Waals surface area contributed by atoms with Crippen molar-refractivity contribution in [1.29, 1.82) is 0 Å². The van der Waals surface area contributed by atoms with Gasteiger partial charge in [-0.15, -0.1) is 0 Å². The van der Waals surface area contributed by atoms with Gasteiger partial charge < -0.3 is 15.1 Å². The van der Waals surface area contributed by atoms with Crippen LogP contribution in [0.15, 0.2) is 12.3 Å². The molecular formula is C10H11N3O6. The van der Waals surface area contributed by atoms with E-state index in [4.69, 9.17) is 10.2 Å². The summed E-state index contributed by atoms with van der Waals surface area (Å²) in [4.78, 5) is 36.2. The molecule has 9 heteroatoms.